The van der Waals surface area contributed by atoms with Crippen LogP contribution in [-0.2, 0) is 9.59 Å². The highest BCUT2D eigenvalue weighted by Gasteiger charge is 2.27. The van der Waals surface area contributed by atoms with Gasteiger partial charge in [-0.15, -0.1) is 0 Å². The van der Waals surface area contributed by atoms with Crippen molar-refractivity contribution < 1.29 is 19.4 Å². The van der Waals surface area contributed by atoms with E-state index in [1.54, 1.807) is 13.0 Å². The first kappa shape index (κ1) is 20.5. The number of aryl methyl sites for hydroxylation is 1. The van der Waals surface area contributed by atoms with E-state index >= 15 is 0 Å². The van der Waals surface area contributed by atoms with E-state index in [0.717, 1.165) is 24.8 Å². The number of carbonyl (C=O) groups is 2. The molecule has 0 spiro atoms. The minimum atomic E-state index is -0.832. The molecule has 0 aromatic heterocycles. The quantitative estimate of drug-likeness (QED) is 0.819. The smallest absolute Gasteiger partial charge is 0.317 e. The summed E-state index contributed by atoms with van der Waals surface area (Å²) in [6, 6.07) is 5.65. The Morgan fingerprint density at radius 3 is 2.81 bits per heavy atom. The molecule has 0 saturated carbocycles. The van der Waals surface area contributed by atoms with E-state index in [1.165, 1.54) is 0 Å². The summed E-state index contributed by atoms with van der Waals surface area (Å²) in [4.78, 5) is 27.3. The number of carboxylic acids is 1. The van der Waals surface area contributed by atoms with Crippen LogP contribution >= 0.6 is 11.6 Å². The molecule has 0 aliphatic carbocycles. The molecular formula is C19H27ClN2O4. The van der Waals surface area contributed by atoms with Crippen LogP contribution in [0.5, 0.6) is 5.75 Å². The summed E-state index contributed by atoms with van der Waals surface area (Å²) in [5, 5.41) is 9.43. The van der Waals surface area contributed by atoms with Gasteiger partial charge in [-0.3, -0.25) is 14.5 Å². The highest BCUT2D eigenvalue weighted by atomic mass is 35.5. The highest BCUT2D eigenvalue weighted by Crippen LogP contribution is 2.27. The maximum atomic E-state index is 12.8. The number of ether oxygens (including phenoxy) is 1. The van der Waals surface area contributed by atoms with Gasteiger partial charge in [-0.25, -0.2) is 0 Å². The van der Waals surface area contributed by atoms with Crippen LogP contribution in [0.25, 0.3) is 0 Å². The predicted octanol–water partition coefficient (Wildman–Crippen LogP) is 2.81. The first-order valence-electron chi connectivity index (χ1n) is 8.91. The fraction of sp³-hybridized carbons (Fsp3) is 0.579. The van der Waals surface area contributed by atoms with Gasteiger partial charge < -0.3 is 14.7 Å². The number of halogens is 1. The highest BCUT2D eigenvalue weighted by molar-refractivity contribution is 6.32. The van der Waals surface area contributed by atoms with Crippen LogP contribution in [0.15, 0.2) is 18.2 Å². The minimum Gasteiger partial charge on any atom is -0.480 e. The van der Waals surface area contributed by atoms with E-state index in [0.29, 0.717) is 23.9 Å². The number of hydrogen-bond acceptors (Lipinski definition) is 4. The van der Waals surface area contributed by atoms with E-state index in [2.05, 4.69) is 0 Å². The lowest BCUT2D eigenvalue weighted by molar-refractivity contribution is -0.139. The van der Waals surface area contributed by atoms with Crippen LogP contribution in [0.2, 0.25) is 5.02 Å². The fourth-order valence-corrected chi connectivity index (χ4v) is 3.44. The third-order valence-electron chi connectivity index (χ3n) is 4.76. The molecule has 2 rings (SSSR count). The Kier molecular flexibility index (Phi) is 7.29. The zero-order valence-corrected chi connectivity index (χ0v) is 16.3. The van der Waals surface area contributed by atoms with E-state index in [9.17, 15) is 9.59 Å². The van der Waals surface area contributed by atoms with Crippen molar-refractivity contribution in [3.8, 4) is 5.75 Å². The molecule has 1 heterocycles. The second-order valence-corrected chi connectivity index (χ2v) is 7.32. The number of benzene rings is 1. The average molecular weight is 383 g/mol. The van der Waals surface area contributed by atoms with Crippen LogP contribution in [-0.4, -0.2) is 65.6 Å². The number of rotatable bonds is 6. The summed E-state index contributed by atoms with van der Waals surface area (Å²) in [6.45, 7) is 4.95. The van der Waals surface area contributed by atoms with Crippen molar-refractivity contribution in [1.29, 1.82) is 0 Å². The van der Waals surface area contributed by atoms with Crippen molar-refractivity contribution in [2.45, 2.75) is 45.3 Å². The van der Waals surface area contributed by atoms with Crippen LogP contribution in [0.3, 0.4) is 0 Å². The van der Waals surface area contributed by atoms with E-state index in [-0.39, 0.29) is 18.5 Å². The number of amides is 1. The van der Waals surface area contributed by atoms with E-state index in [4.69, 9.17) is 21.4 Å². The maximum Gasteiger partial charge on any atom is 0.317 e. The molecule has 2 unspecified atom stereocenters. The van der Waals surface area contributed by atoms with Gasteiger partial charge in [0.25, 0.3) is 5.91 Å². The van der Waals surface area contributed by atoms with Gasteiger partial charge in [-0.1, -0.05) is 17.7 Å². The Labute approximate surface area is 159 Å². The number of aliphatic carboxylic acids is 1. The lowest BCUT2D eigenvalue weighted by atomic mass is 10.1. The number of carboxylic acid groups (broad SMARTS) is 1. The van der Waals surface area contributed by atoms with Gasteiger partial charge in [0.2, 0.25) is 0 Å². The van der Waals surface area contributed by atoms with Crippen molar-refractivity contribution >= 4 is 23.5 Å². The first-order valence-corrected chi connectivity index (χ1v) is 9.29. The third kappa shape index (κ3) is 5.61. The summed E-state index contributed by atoms with van der Waals surface area (Å²) in [5.41, 5.74) is 1.02. The topological polar surface area (TPSA) is 70.1 Å². The zero-order valence-electron chi connectivity index (χ0n) is 15.6. The van der Waals surface area contributed by atoms with Crippen LogP contribution in [0, 0.1) is 6.92 Å². The molecular weight excluding hydrogens is 356 g/mol. The Bertz CT molecular complexity index is 652. The van der Waals surface area contributed by atoms with Gasteiger partial charge >= 0.3 is 5.97 Å². The molecule has 144 valence electrons. The summed E-state index contributed by atoms with van der Waals surface area (Å²) >= 11 is 6.15. The molecule has 7 heteroatoms. The lowest BCUT2D eigenvalue weighted by Gasteiger charge is -2.27. The number of carbonyl (C=O) groups excluding carboxylic acids is 1. The maximum absolute atomic E-state index is 12.8. The summed E-state index contributed by atoms with van der Waals surface area (Å²) in [7, 11) is 1.82. The normalized spacial score (nSPS) is 19.1. The Hall–Kier alpha value is -1.79. The molecule has 1 aromatic carbocycles. The van der Waals surface area contributed by atoms with Crippen LogP contribution in [0.1, 0.15) is 31.7 Å². The number of likely N-dealkylation sites (tertiary alicyclic amines) is 1. The van der Waals surface area contributed by atoms with Crippen LogP contribution < -0.4 is 4.74 Å². The minimum absolute atomic E-state index is 0.0178. The monoisotopic (exact) mass is 382 g/mol. The number of hydrogen-bond donors (Lipinski definition) is 1. The van der Waals surface area contributed by atoms with Crippen molar-refractivity contribution in [2.24, 2.45) is 0 Å². The Morgan fingerprint density at radius 2 is 2.12 bits per heavy atom. The zero-order chi connectivity index (χ0) is 19.3. The molecule has 2 atom stereocenters. The van der Waals surface area contributed by atoms with E-state index < -0.39 is 12.1 Å². The predicted molar refractivity (Wildman–Crippen MR) is 101 cm³/mol. The first-order chi connectivity index (χ1) is 12.3. The van der Waals surface area contributed by atoms with Gasteiger partial charge in [0.1, 0.15) is 5.75 Å². The van der Waals surface area contributed by atoms with Gasteiger partial charge in [0.15, 0.2) is 6.10 Å². The fourth-order valence-electron chi connectivity index (χ4n) is 3.28. The van der Waals surface area contributed by atoms with Crippen molar-refractivity contribution in [1.82, 2.24) is 9.80 Å². The standard InChI is InChI=1S/C19H27ClN2O4/c1-13-6-7-16(20)17(11-13)26-14(2)19(25)22-9-4-5-15(8-10-22)21(3)12-18(23)24/h6-7,11,14-15H,4-5,8-10,12H2,1-3H3,(H,23,24). The molecule has 1 saturated heterocycles. The Morgan fingerprint density at radius 1 is 1.38 bits per heavy atom. The molecule has 1 aliphatic heterocycles. The molecule has 1 fully saturated rings. The summed E-state index contributed by atoms with van der Waals surface area (Å²) in [6.07, 6.45) is 1.86. The molecule has 1 N–H and O–H groups in total. The van der Waals surface area contributed by atoms with Gasteiger partial charge in [-0.05, 0) is 57.9 Å². The summed E-state index contributed by atoms with van der Waals surface area (Å²) in [5.74, 6) is -0.382. The molecule has 6 nitrogen and oxygen atoms in total. The average Bonchev–Trinajstić information content (AvgIpc) is 2.83. The van der Waals surface area contributed by atoms with Gasteiger partial charge in [0.05, 0.1) is 11.6 Å². The molecule has 1 amide bonds. The number of likely N-dealkylation sites (N-methyl/N-ethyl adjacent to an activating group) is 1. The second-order valence-electron chi connectivity index (χ2n) is 6.91. The molecule has 26 heavy (non-hydrogen) atoms. The Balaban J connectivity index is 1.94. The van der Waals surface area contributed by atoms with Gasteiger partial charge in [0, 0.05) is 19.1 Å². The molecule has 0 bridgehead atoms. The largest absolute Gasteiger partial charge is 0.480 e. The molecule has 1 aromatic rings. The number of nitrogens with zero attached hydrogens (tertiary/aromatic N) is 2. The van der Waals surface area contributed by atoms with Crippen molar-refractivity contribution in [3.63, 3.8) is 0 Å². The van der Waals surface area contributed by atoms with Crippen LogP contribution in [0.4, 0.5) is 0 Å². The third-order valence-corrected chi connectivity index (χ3v) is 5.07. The van der Waals surface area contributed by atoms with Crippen molar-refractivity contribution in [3.05, 3.63) is 28.8 Å². The summed E-state index contributed by atoms with van der Waals surface area (Å²) < 4.78 is 5.80. The van der Waals surface area contributed by atoms with Gasteiger partial charge in [-0.2, -0.15) is 0 Å². The molecule has 0 radical (unpaired) electrons. The SMILES string of the molecule is Cc1ccc(Cl)c(OC(C)C(=O)N2CCCC(N(C)CC(=O)O)CC2)c1. The lowest BCUT2D eigenvalue weighted by Crippen LogP contribution is -2.42. The molecule has 1 aliphatic rings. The van der Waals surface area contributed by atoms with Crippen molar-refractivity contribution in [2.75, 3.05) is 26.7 Å². The van der Waals surface area contributed by atoms with E-state index in [1.807, 2.05) is 35.9 Å². The second kappa shape index (κ2) is 9.24.